The maximum absolute atomic E-state index is 13.4. The molecule has 1 amide bonds. The van der Waals surface area contributed by atoms with Crippen LogP contribution in [-0.4, -0.2) is 46.5 Å². The Bertz CT molecular complexity index is 1370. The number of pyridine rings is 1. The van der Waals surface area contributed by atoms with Crippen LogP contribution in [0.2, 0.25) is 0 Å². The zero-order valence-corrected chi connectivity index (χ0v) is 21.7. The molecular weight excluding hydrogens is 494 g/mol. The van der Waals surface area contributed by atoms with Gasteiger partial charge in [-0.15, -0.1) is 0 Å². The molecule has 10 heteroatoms. The van der Waals surface area contributed by atoms with E-state index in [1.54, 1.807) is 43.3 Å². The molecule has 4 rings (SSSR count). The molecule has 1 aromatic carbocycles. The molecule has 0 spiro atoms. The van der Waals surface area contributed by atoms with E-state index in [4.69, 9.17) is 9.47 Å². The van der Waals surface area contributed by atoms with E-state index < -0.39 is 23.7 Å². The standard InChI is InChI=1S/C27H27N3O6S/c1-15(2)10-13-36-19-7-5-6-18(14-19)21-20(22(31)17-8-11-28-12-9-17)23(32)25(33)30(21)27-29-16(3)24(37-27)26(34)35-4/h5-9,11-12,14-15,21,31H,10,13H2,1-4H3/b22-20+. The third-order valence-corrected chi connectivity index (χ3v) is 7.03. The van der Waals surface area contributed by atoms with E-state index in [1.165, 1.54) is 24.4 Å². The summed E-state index contributed by atoms with van der Waals surface area (Å²) < 4.78 is 10.7. The second-order valence-corrected chi connectivity index (χ2v) is 9.89. The van der Waals surface area contributed by atoms with E-state index in [9.17, 15) is 19.5 Å². The zero-order chi connectivity index (χ0) is 26.7. The maximum Gasteiger partial charge on any atom is 0.350 e. The van der Waals surface area contributed by atoms with Gasteiger partial charge in [0, 0.05) is 18.0 Å². The summed E-state index contributed by atoms with van der Waals surface area (Å²) in [5.74, 6) is -1.62. The van der Waals surface area contributed by atoms with E-state index in [2.05, 4.69) is 23.8 Å². The van der Waals surface area contributed by atoms with Gasteiger partial charge in [-0.3, -0.25) is 19.5 Å². The summed E-state index contributed by atoms with van der Waals surface area (Å²) in [5.41, 5.74) is 1.16. The average molecular weight is 522 g/mol. The number of rotatable bonds is 8. The number of carbonyl (C=O) groups is 3. The highest BCUT2D eigenvalue weighted by Gasteiger charge is 2.48. The number of ether oxygens (including phenoxy) is 2. The Balaban J connectivity index is 1.86. The molecule has 1 aliphatic heterocycles. The van der Waals surface area contributed by atoms with Gasteiger partial charge < -0.3 is 14.6 Å². The van der Waals surface area contributed by atoms with Crippen molar-refractivity contribution in [1.29, 1.82) is 0 Å². The summed E-state index contributed by atoms with van der Waals surface area (Å²) in [6.07, 6.45) is 3.83. The normalized spacial score (nSPS) is 16.9. The van der Waals surface area contributed by atoms with Crippen LogP contribution in [0.15, 0.2) is 54.4 Å². The van der Waals surface area contributed by atoms with E-state index in [-0.39, 0.29) is 21.3 Å². The van der Waals surface area contributed by atoms with Crippen molar-refractivity contribution in [2.24, 2.45) is 5.92 Å². The third kappa shape index (κ3) is 5.24. The predicted octanol–water partition coefficient (Wildman–Crippen LogP) is 4.68. The summed E-state index contributed by atoms with van der Waals surface area (Å²) in [5, 5.41) is 11.3. The first-order valence-electron chi connectivity index (χ1n) is 11.7. The van der Waals surface area contributed by atoms with Gasteiger partial charge in [-0.05, 0) is 49.1 Å². The van der Waals surface area contributed by atoms with E-state index in [1.807, 2.05) is 0 Å². The van der Waals surface area contributed by atoms with Gasteiger partial charge in [-0.2, -0.15) is 0 Å². The van der Waals surface area contributed by atoms with Crippen molar-refractivity contribution in [3.8, 4) is 5.75 Å². The number of methoxy groups -OCH3 is 1. The Morgan fingerprint density at radius 1 is 1.19 bits per heavy atom. The summed E-state index contributed by atoms with van der Waals surface area (Å²) in [6.45, 7) is 6.33. The van der Waals surface area contributed by atoms with Crippen molar-refractivity contribution in [1.82, 2.24) is 9.97 Å². The van der Waals surface area contributed by atoms with Crippen molar-refractivity contribution >= 4 is 39.9 Å². The van der Waals surface area contributed by atoms with Gasteiger partial charge in [0.05, 0.1) is 31.0 Å². The van der Waals surface area contributed by atoms with Crippen molar-refractivity contribution in [3.05, 3.63) is 76.1 Å². The number of anilines is 1. The molecule has 1 saturated heterocycles. The molecule has 9 nitrogen and oxygen atoms in total. The fourth-order valence-corrected chi connectivity index (χ4v) is 4.98. The second kappa shape index (κ2) is 10.9. The highest BCUT2D eigenvalue weighted by molar-refractivity contribution is 7.17. The largest absolute Gasteiger partial charge is 0.507 e. The minimum atomic E-state index is -1.00. The van der Waals surface area contributed by atoms with E-state index in [0.29, 0.717) is 35.1 Å². The average Bonchev–Trinajstić information content (AvgIpc) is 3.40. The number of hydrogen-bond acceptors (Lipinski definition) is 9. The minimum Gasteiger partial charge on any atom is -0.507 e. The fraction of sp³-hybridized carbons (Fsp3) is 0.296. The van der Waals surface area contributed by atoms with Gasteiger partial charge >= 0.3 is 11.9 Å². The number of esters is 1. The number of hydrogen-bond donors (Lipinski definition) is 1. The molecule has 1 unspecified atom stereocenters. The highest BCUT2D eigenvalue weighted by Crippen LogP contribution is 2.44. The van der Waals surface area contributed by atoms with Crippen molar-refractivity contribution in [3.63, 3.8) is 0 Å². The van der Waals surface area contributed by atoms with Crippen LogP contribution in [0.3, 0.4) is 0 Å². The highest BCUT2D eigenvalue weighted by atomic mass is 32.1. The summed E-state index contributed by atoms with van der Waals surface area (Å²) in [7, 11) is 1.26. The number of nitrogens with zero attached hydrogens (tertiary/aromatic N) is 3. The van der Waals surface area contributed by atoms with Gasteiger partial charge in [-0.25, -0.2) is 9.78 Å². The molecule has 1 N–H and O–H groups in total. The van der Waals surface area contributed by atoms with E-state index in [0.717, 1.165) is 17.8 Å². The number of benzene rings is 1. The molecule has 1 aliphatic rings. The lowest BCUT2D eigenvalue weighted by molar-refractivity contribution is -0.132. The fourth-order valence-electron chi connectivity index (χ4n) is 3.96. The smallest absolute Gasteiger partial charge is 0.350 e. The van der Waals surface area contributed by atoms with Crippen LogP contribution in [0.5, 0.6) is 5.75 Å². The lowest BCUT2D eigenvalue weighted by Crippen LogP contribution is -2.29. The number of aromatic nitrogens is 2. The molecule has 3 aromatic rings. The number of thiazole rings is 1. The zero-order valence-electron chi connectivity index (χ0n) is 20.9. The van der Waals surface area contributed by atoms with Crippen LogP contribution in [0.25, 0.3) is 5.76 Å². The van der Waals surface area contributed by atoms with Crippen LogP contribution in [0.4, 0.5) is 5.13 Å². The molecule has 37 heavy (non-hydrogen) atoms. The monoisotopic (exact) mass is 521 g/mol. The Hall–Kier alpha value is -4.05. The van der Waals surface area contributed by atoms with E-state index >= 15 is 0 Å². The molecule has 0 aliphatic carbocycles. The molecule has 1 fully saturated rings. The van der Waals surface area contributed by atoms with Crippen molar-refractivity contribution in [2.75, 3.05) is 18.6 Å². The van der Waals surface area contributed by atoms with Crippen LogP contribution >= 0.6 is 11.3 Å². The first-order chi connectivity index (χ1) is 17.7. The Labute approximate surface area is 218 Å². The van der Waals surface area contributed by atoms with Crippen molar-refractivity contribution in [2.45, 2.75) is 33.2 Å². The van der Waals surface area contributed by atoms with Gasteiger partial charge in [0.15, 0.2) is 5.13 Å². The van der Waals surface area contributed by atoms with Crippen LogP contribution in [-0.2, 0) is 14.3 Å². The van der Waals surface area contributed by atoms with Crippen LogP contribution in [0, 0.1) is 12.8 Å². The van der Waals surface area contributed by atoms with Gasteiger partial charge in [0.1, 0.15) is 16.4 Å². The number of Topliss-reactive ketones (excluding diaryl/α,β-unsaturated/α-hetero) is 1. The Morgan fingerprint density at radius 2 is 1.92 bits per heavy atom. The Morgan fingerprint density at radius 3 is 2.59 bits per heavy atom. The molecule has 1 atom stereocenters. The van der Waals surface area contributed by atoms with Crippen LogP contribution < -0.4 is 9.64 Å². The topological polar surface area (TPSA) is 119 Å². The first kappa shape index (κ1) is 26.0. The third-order valence-electron chi connectivity index (χ3n) is 5.90. The van der Waals surface area contributed by atoms with Gasteiger partial charge in [0.2, 0.25) is 0 Å². The summed E-state index contributed by atoms with van der Waals surface area (Å²) in [6, 6.07) is 9.15. The number of amides is 1. The summed E-state index contributed by atoms with van der Waals surface area (Å²) in [4.78, 5) is 48.7. The number of aliphatic hydroxyl groups excluding tert-OH is 1. The number of aryl methyl sites for hydroxylation is 1. The maximum atomic E-state index is 13.4. The van der Waals surface area contributed by atoms with Gasteiger partial charge in [-0.1, -0.05) is 37.3 Å². The molecule has 2 aromatic heterocycles. The SMILES string of the molecule is COC(=O)c1sc(N2C(=O)C(=O)/C(=C(/O)c3ccncc3)C2c2cccc(OCCC(C)C)c2)nc1C. The lowest BCUT2D eigenvalue weighted by atomic mass is 9.95. The molecular formula is C27H27N3O6S. The minimum absolute atomic E-state index is 0.0944. The molecule has 0 bridgehead atoms. The number of carbonyl (C=O) groups excluding carboxylic acids is 3. The number of aliphatic hydroxyl groups is 1. The van der Waals surface area contributed by atoms with Crippen LogP contribution in [0.1, 0.15) is 52.8 Å². The molecule has 0 radical (unpaired) electrons. The predicted molar refractivity (Wildman–Crippen MR) is 139 cm³/mol. The summed E-state index contributed by atoms with van der Waals surface area (Å²) >= 11 is 0.946. The lowest BCUT2D eigenvalue weighted by Gasteiger charge is -2.23. The van der Waals surface area contributed by atoms with Gasteiger partial charge in [0.25, 0.3) is 5.78 Å². The molecule has 0 saturated carbocycles. The van der Waals surface area contributed by atoms with Crippen molar-refractivity contribution < 1.29 is 29.0 Å². The quantitative estimate of drug-likeness (QED) is 0.196. The first-order valence-corrected chi connectivity index (χ1v) is 12.5. The Kier molecular flexibility index (Phi) is 7.68. The molecule has 3 heterocycles. The molecule has 192 valence electrons. The second-order valence-electron chi connectivity index (χ2n) is 8.91. The number of ketones is 1.